The number of methoxy groups -OCH3 is 1. The van der Waals surface area contributed by atoms with Crippen LogP contribution >= 0.6 is 11.3 Å². The molecule has 0 saturated carbocycles. The summed E-state index contributed by atoms with van der Waals surface area (Å²) in [5.41, 5.74) is 9.51. The molecule has 0 bridgehead atoms. The minimum absolute atomic E-state index is 0.0736. The third-order valence-corrected chi connectivity index (χ3v) is 13.2. The van der Waals surface area contributed by atoms with Crippen LogP contribution in [0.4, 0.5) is 5.69 Å². The van der Waals surface area contributed by atoms with Gasteiger partial charge in [0, 0.05) is 23.2 Å². The van der Waals surface area contributed by atoms with E-state index in [1.54, 1.807) is 30.6 Å². The van der Waals surface area contributed by atoms with Crippen LogP contribution in [0.15, 0.2) is 66.1 Å². The first-order valence-electron chi connectivity index (χ1n) is 13.3. The molecule has 208 valence electrons. The fourth-order valence-electron chi connectivity index (χ4n) is 4.30. The van der Waals surface area contributed by atoms with Gasteiger partial charge in [0.05, 0.1) is 25.3 Å². The van der Waals surface area contributed by atoms with Gasteiger partial charge in [-0.2, -0.15) is 0 Å². The molecule has 0 aliphatic carbocycles. The molecule has 0 saturated heterocycles. The largest absolute Gasteiger partial charge is 0.493 e. The highest BCUT2D eigenvalue weighted by atomic mass is 32.1. The topological polar surface area (TPSA) is 74.0 Å². The van der Waals surface area contributed by atoms with Crippen molar-refractivity contribution in [1.82, 2.24) is 4.90 Å². The summed E-state index contributed by atoms with van der Waals surface area (Å²) in [6, 6.07) is 17.3. The zero-order valence-electron chi connectivity index (χ0n) is 23.8. The first-order chi connectivity index (χ1) is 18.5. The molecule has 2 heterocycles. The molecule has 1 aliphatic rings. The zero-order valence-corrected chi connectivity index (χ0v) is 25.6. The van der Waals surface area contributed by atoms with Gasteiger partial charge in [-0.15, -0.1) is 11.3 Å². The molecule has 0 spiro atoms. The number of thiophene rings is 1. The third kappa shape index (κ3) is 6.75. The summed E-state index contributed by atoms with van der Waals surface area (Å²) >= 11 is 1.72. The second-order valence-corrected chi connectivity index (χ2v) is 17.2. The first kappa shape index (κ1) is 28.9. The molecule has 8 heteroatoms. The standard InChI is InChI=1S/C31H40N2O4SSi/c1-31(2,3)39(5,6)37-21-24-17-23(29-13-10-16-38-29)14-15-33(24)30(34)25-18-27(35-4)28(19-26(25)32)36-20-22-11-8-7-9-12-22/h7-13,16-19,24H,14-15,20-21,32H2,1-6H3. The highest BCUT2D eigenvalue weighted by molar-refractivity contribution is 7.11. The predicted octanol–water partition coefficient (Wildman–Crippen LogP) is 7.24. The van der Waals surface area contributed by atoms with Gasteiger partial charge in [0.2, 0.25) is 0 Å². The number of anilines is 1. The Bertz CT molecular complexity index is 1300. The summed E-state index contributed by atoms with van der Waals surface area (Å²) in [6.45, 7) is 12.6. The lowest BCUT2D eigenvalue weighted by Crippen LogP contribution is -2.49. The normalized spacial score (nSPS) is 16.1. The number of carbonyl (C=O) groups is 1. The minimum atomic E-state index is -2.02. The molecule has 1 aliphatic heterocycles. The van der Waals surface area contributed by atoms with Crippen LogP contribution < -0.4 is 15.2 Å². The Morgan fingerprint density at radius 3 is 2.49 bits per heavy atom. The molecule has 0 radical (unpaired) electrons. The zero-order chi connectivity index (χ0) is 28.2. The Hall–Kier alpha value is -3.07. The lowest BCUT2D eigenvalue weighted by Gasteiger charge is -2.40. The molecule has 4 rings (SSSR count). The van der Waals surface area contributed by atoms with Gasteiger partial charge in [0.25, 0.3) is 5.91 Å². The molecule has 2 N–H and O–H groups in total. The van der Waals surface area contributed by atoms with E-state index in [1.807, 2.05) is 35.2 Å². The molecule has 1 aromatic heterocycles. The van der Waals surface area contributed by atoms with Gasteiger partial charge in [-0.3, -0.25) is 4.79 Å². The SMILES string of the molecule is COc1cc(C(=O)N2CCC(c3cccs3)=CC2CO[Si](C)(C)C(C)(C)C)c(N)cc1OCc1ccccc1. The van der Waals surface area contributed by atoms with Crippen molar-refractivity contribution < 1.29 is 18.7 Å². The van der Waals surface area contributed by atoms with Crippen LogP contribution in [0, 0.1) is 0 Å². The van der Waals surface area contributed by atoms with E-state index in [9.17, 15) is 4.79 Å². The fraction of sp³-hybridized carbons (Fsp3) is 0.387. The molecule has 0 fully saturated rings. The van der Waals surface area contributed by atoms with Gasteiger partial charge in [0.15, 0.2) is 19.8 Å². The van der Waals surface area contributed by atoms with Crippen LogP contribution in [0.1, 0.15) is 48.0 Å². The number of rotatable bonds is 9. The Morgan fingerprint density at radius 1 is 1.10 bits per heavy atom. The molecular weight excluding hydrogens is 525 g/mol. The average molecular weight is 565 g/mol. The van der Waals surface area contributed by atoms with Gasteiger partial charge < -0.3 is 24.5 Å². The maximum absolute atomic E-state index is 14.0. The molecule has 1 atom stereocenters. The van der Waals surface area contributed by atoms with Crippen molar-refractivity contribution in [3.05, 3.63) is 82.1 Å². The van der Waals surface area contributed by atoms with Crippen molar-refractivity contribution in [2.45, 2.75) is 58.0 Å². The van der Waals surface area contributed by atoms with Crippen LogP contribution in [-0.2, 0) is 11.0 Å². The quantitative estimate of drug-likeness (QED) is 0.219. The number of nitrogens with two attached hydrogens (primary N) is 1. The van der Waals surface area contributed by atoms with Gasteiger partial charge >= 0.3 is 0 Å². The molecular formula is C31H40N2O4SSi. The first-order valence-corrected chi connectivity index (χ1v) is 17.1. The number of nitrogen functional groups attached to an aromatic ring is 1. The maximum Gasteiger partial charge on any atom is 0.256 e. The minimum Gasteiger partial charge on any atom is -0.493 e. The van der Waals surface area contributed by atoms with Crippen LogP contribution in [0.5, 0.6) is 11.5 Å². The highest BCUT2D eigenvalue weighted by Gasteiger charge is 2.39. The van der Waals surface area contributed by atoms with E-state index in [4.69, 9.17) is 19.6 Å². The molecule has 1 unspecified atom stereocenters. The monoisotopic (exact) mass is 564 g/mol. The van der Waals surface area contributed by atoms with Crippen molar-refractivity contribution in [2.75, 3.05) is 26.0 Å². The summed E-state index contributed by atoms with van der Waals surface area (Å²) in [5, 5.41) is 2.16. The van der Waals surface area contributed by atoms with E-state index in [0.717, 1.165) is 12.0 Å². The van der Waals surface area contributed by atoms with Gasteiger partial charge in [-0.25, -0.2) is 0 Å². The van der Waals surface area contributed by atoms with Crippen molar-refractivity contribution in [2.24, 2.45) is 0 Å². The van der Waals surface area contributed by atoms with E-state index in [2.05, 4.69) is 57.5 Å². The summed E-state index contributed by atoms with van der Waals surface area (Å²) in [5.74, 6) is 0.849. The summed E-state index contributed by atoms with van der Waals surface area (Å²) < 4.78 is 18.2. The number of ether oxygens (including phenoxy) is 2. The van der Waals surface area contributed by atoms with Crippen molar-refractivity contribution in [3.63, 3.8) is 0 Å². The van der Waals surface area contributed by atoms with E-state index in [-0.39, 0.29) is 17.0 Å². The highest BCUT2D eigenvalue weighted by Crippen LogP contribution is 2.38. The summed E-state index contributed by atoms with van der Waals surface area (Å²) in [7, 11) is -0.446. The lowest BCUT2D eigenvalue weighted by molar-refractivity contribution is 0.0655. The number of hydrogen-bond donors (Lipinski definition) is 1. The Morgan fingerprint density at radius 2 is 1.85 bits per heavy atom. The third-order valence-electron chi connectivity index (χ3n) is 7.74. The fourth-order valence-corrected chi connectivity index (χ4v) is 6.11. The Balaban J connectivity index is 1.60. The smallest absolute Gasteiger partial charge is 0.256 e. The molecule has 6 nitrogen and oxygen atoms in total. The van der Waals surface area contributed by atoms with Crippen LogP contribution in [0.3, 0.4) is 0 Å². The lowest BCUT2D eigenvalue weighted by atomic mass is 9.99. The van der Waals surface area contributed by atoms with Crippen LogP contribution in [0.25, 0.3) is 5.57 Å². The molecule has 39 heavy (non-hydrogen) atoms. The number of benzene rings is 2. The van der Waals surface area contributed by atoms with Crippen LogP contribution in [-0.4, -0.2) is 45.4 Å². The maximum atomic E-state index is 14.0. The second-order valence-electron chi connectivity index (χ2n) is 11.4. The van der Waals surface area contributed by atoms with Gasteiger partial charge in [0.1, 0.15) is 6.61 Å². The second kappa shape index (κ2) is 12.0. The van der Waals surface area contributed by atoms with Gasteiger partial charge in [-0.05, 0) is 53.2 Å². The number of nitrogens with zero attached hydrogens (tertiary/aromatic N) is 1. The van der Waals surface area contributed by atoms with Crippen molar-refractivity contribution in [1.29, 1.82) is 0 Å². The summed E-state index contributed by atoms with van der Waals surface area (Å²) in [6.07, 6.45) is 2.98. The van der Waals surface area contributed by atoms with Crippen molar-refractivity contribution >= 4 is 36.8 Å². The van der Waals surface area contributed by atoms with E-state index >= 15 is 0 Å². The van der Waals surface area contributed by atoms with Crippen molar-refractivity contribution in [3.8, 4) is 11.5 Å². The van der Waals surface area contributed by atoms with Crippen LogP contribution in [0.2, 0.25) is 18.1 Å². The summed E-state index contributed by atoms with van der Waals surface area (Å²) in [4.78, 5) is 17.1. The number of carbonyl (C=O) groups excluding carboxylic acids is 1. The average Bonchev–Trinajstić information content (AvgIpc) is 3.45. The van der Waals surface area contributed by atoms with Gasteiger partial charge in [-0.1, -0.05) is 63.2 Å². The predicted molar refractivity (Wildman–Crippen MR) is 163 cm³/mol. The molecule has 2 aromatic carbocycles. The molecule has 3 aromatic rings. The Labute approximate surface area is 237 Å². The number of hydrogen-bond acceptors (Lipinski definition) is 6. The Kier molecular flexibility index (Phi) is 8.89. The molecule has 1 amide bonds. The van der Waals surface area contributed by atoms with E-state index < -0.39 is 8.32 Å². The van der Waals surface area contributed by atoms with E-state index in [0.29, 0.717) is 42.5 Å². The van der Waals surface area contributed by atoms with E-state index in [1.165, 1.54) is 10.5 Å². The number of amides is 1.